The monoisotopic (exact) mass is 349 g/mol. The van der Waals surface area contributed by atoms with Gasteiger partial charge in [-0.25, -0.2) is 14.6 Å². The van der Waals surface area contributed by atoms with Crippen LogP contribution in [0.3, 0.4) is 0 Å². The highest BCUT2D eigenvalue weighted by Crippen LogP contribution is 2.18. The number of ether oxygens (including phenoxy) is 1. The standard InChI is InChI=1S/C15H21N3O.C2H2O4/c1-19-12-13-5-4-7-17(9-13)10-14-11-18-8-3-2-6-15(18)16-14;3-1(4)2(5)6/h2-3,6,8,11,13H,4-5,7,9-10,12H2,1H3;(H,3,4)(H,5,6). The first kappa shape index (κ1) is 18.9. The van der Waals surface area contributed by atoms with E-state index in [1.165, 1.54) is 19.4 Å². The zero-order valence-electron chi connectivity index (χ0n) is 14.2. The fraction of sp³-hybridized carbons (Fsp3) is 0.471. The highest BCUT2D eigenvalue weighted by molar-refractivity contribution is 6.27. The Labute approximate surface area is 145 Å². The SMILES string of the molecule is COCC1CCCN(Cc2cn3ccccc3n2)C1.O=C(O)C(=O)O. The van der Waals surface area contributed by atoms with Gasteiger partial charge < -0.3 is 19.4 Å². The first-order chi connectivity index (χ1) is 12.0. The summed E-state index contributed by atoms with van der Waals surface area (Å²) in [7, 11) is 1.79. The van der Waals surface area contributed by atoms with Crippen LogP contribution in [0.5, 0.6) is 0 Å². The molecule has 0 radical (unpaired) electrons. The molecule has 1 aliphatic rings. The normalized spacial score (nSPS) is 17.7. The van der Waals surface area contributed by atoms with Crippen LogP contribution in [-0.2, 0) is 20.9 Å². The smallest absolute Gasteiger partial charge is 0.414 e. The zero-order chi connectivity index (χ0) is 18.2. The van der Waals surface area contributed by atoms with Crippen LogP contribution in [0.1, 0.15) is 18.5 Å². The van der Waals surface area contributed by atoms with Gasteiger partial charge in [0.05, 0.1) is 12.3 Å². The first-order valence-corrected chi connectivity index (χ1v) is 8.09. The third-order valence-corrected chi connectivity index (χ3v) is 3.99. The average molecular weight is 349 g/mol. The number of nitrogens with zero attached hydrogens (tertiary/aromatic N) is 3. The molecule has 1 fully saturated rings. The summed E-state index contributed by atoms with van der Waals surface area (Å²) in [5.74, 6) is -2.97. The number of pyridine rings is 1. The zero-order valence-corrected chi connectivity index (χ0v) is 14.2. The van der Waals surface area contributed by atoms with Gasteiger partial charge >= 0.3 is 11.9 Å². The lowest BCUT2D eigenvalue weighted by molar-refractivity contribution is -0.159. The number of likely N-dealkylation sites (tertiary alicyclic amines) is 1. The number of fused-ring (bicyclic) bond motifs is 1. The Kier molecular flexibility index (Phi) is 6.91. The minimum absolute atomic E-state index is 0.677. The van der Waals surface area contributed by atoms with Crippen LogP contribution in [0.15, 0.2) is 30.6 Å². The van der Waals surface area contributed by atoms with Crippen LogP contribution in [0.2, 0.25) is 0 Å². The summed E-state index contributed by atoms with van der Waals surface area (Å²) in [6.45, 7) is 4.12. The van der Waals surface area contributed by atoms with E-state index in [1.54, 1.807) is 7.11 Å². The number of imidazole rings is 1. The van der Waals surface area contributed by atoms with Gasteiger partial charge in [-0.1, -0.05) is 6.07 Å². The van der Waals surface area contributed by atoms with Gasteiger partial charge in [0.1, 0.15) is 5.65 Å². The van der Waals surface area contributed by atoms with Crippen molar-refractivity contribution in [3.63, 3.8) is 0 Å². The van der Waals surface area contributed by atoms with Gasteiger partial charge in [-0.05, 0) is 37.4 Å². The van der Waals surface area contributed by atoms with Crippen molar-refractivity contribution < 1.29 is 24.5 Å². The van der Waals surface area contributed by atoms with E-state index in [4.69, 9.17) is 24.5 Å². The van der Waals surface area contributed by atoms with Gasteiger partial charge in [0, 0.05) is 32.6 Å². The van der Waals surface area contributed by atoms with Gasteiger partial charge in [-0.2, -0.15) is 0 Å². The van der Waals surface area contributed by atoms with Gasteiger partial charge in [-0.15, -0.1) is 0 Å². The average Bonchev–Trinajstić information content (AvgIpc) is 2.98. The summed E-state index contributed by atoms with van der Waals surface area (Å²) in [5.41, 5.74) is 2.19. The molecule has 1 aliphatic heterocycles. The molecule has 3 rings (SSSR count). The Balaban J connectivity index is 0.000000326. The molecule has 8 nitrogen and oxygen atoms in total. The number of aromatic nitrogens is 2. The molecule has 8 heteroatoms. The van der Waals surface area contributed by atoms with E-state index in [0.29, 0.717) is 5.92 Å². The quantitative estimate of drug-likeness (QED) is 0.803. The van der Waals surface area contributed by atoms with Crippen molar-refractivity contribution in [3.8, 4) is 0 Å². The molecule has 1 saturated heterocycles. The van der Waals surface area contributed by atoms with Gasteiger partial charge in [0.15, 0.2) is 0 Å². The number of methoxy groups -OCH3 is 1. The number of carboxylic acids is 2. The molecule has 2 aromatic heterocycles. The summed E-state index contributed by atoms with van der Waals surface area (Å²) in [6.07, 6.45) is 6.74. The van der Waals surface area contributed by atoms with E-state index in [1.807, 2.05) is 18.2 Å². The summed E-state index contributed by atoms with van der Waals surface area (Å²) in [5, 5.41) is 14.8. The molecule has 3 heterocycles. The van der Waals surface area contributed by atoms with Crippen LogP contribution in [0.25, 0.3) is 5.65 Å². The van der Waals surface area contributed by atoms with Crippen molar-refractivity contribution in [2.24, 2.45) is 5.92 Å². The van der Waals surface area contributed by atoms with E-state index in [9.17, 15) is 0 Å². The lowest BCUT2D eigenvalue weighted by Crippen LogP contribution is -2.36. The Bertz CT molecular complexity index is 668. The van der Waals surface area contributed by atoms with Crippen molar-refractivity contribution in [2.45, 2.75) is 19.4 Å². The minimum Gasteiger partial charge on any atom is -0.473 e. The number of rotatable bonds is 4. The van der Waals surface area contributed by atoms with E-state index in [2.05, 4.69) is 26.7 Å². The maximum atomic E-state index is 9.10. The fourth-order valence-electron chi connectivity index (χ4n) is 2.96. The molecule has 0 aliphatic carbocycles. The number of carboxylic acid groups (broad SMARTS) is 2. The highest BCUT2D eigenvalue weighted by atomic mass is 16.5. The van der Waals surface area contributed by atoms with Crippen molar-refractivity contribution >= 4 is 17.6 Å². The van der Waals surface area contributed by atoms with Crippen molar-refractivity contribution in [2.75, 3.05) is 26.8 Å². The lowest BCUT2D eigenvalue weighted by atomic mass is 9.99. The Morgan fingerprint density at radius 1 is 1.32 bits per heavy atom. The number of piperidine rings is 1. The topological polar surface area (TPSA) is 104 Å². The minimum atomic E-state index is -1.82. The van der Waals surface area contributed by atoms with Gasteiger partial charge in [0.2, 0.25) is 0 Å². The maximum Gasteiger partial charge on any atom is 0.414 e. The van der Waals surface area contributed by atoms with Crippen molar-refractivity contribution in [1.29, 1.82) is 0 Å². The second-order valence-corrected chi connectivity index (χ2v) is 6.01. The maximum absolute atomic E-state index is 9.10. The number of hydrogen-bond acceptors (Lipinski definition) is 5. The van der Waals surface area contributed by atoms with Crippen LogP contribution < -0.4 is 0 Å². The molecule has 136 valence electrons. The third kappa shape index (κ3) is 5.84. The second kappa shape index (κ2) is 9.14. The summed E-state index contributed by atoms with van der Waals surface area (Å²) in [4.78, 5) is 25.4. The molecule has 0 saturated carbocycles. The third-order valence-electron chi connectivity index (χ3n) is 3.99. The summed E-state index contributed by atoms with van der Waals surface area (Å²) >= 11 is 0. The summed E-state index contributed by atoms with van der Waals surface area (Å²) < 4.78 is 7.37. The van der Waals surface area contributed by atoms with Crippen LogP contribution in [0.4, 0.5) is 0 Å². The number of aliphatic carboxylic acids is 2. The van der Waals surface area contributed by atoms with Gasteiger partial charge in [-0.3, -0.25) is 4.90 Å². The van der Waals surface area contributed by atoms with E-state index < -0.39 is 11.9 Å². The molecule has 0 bridgehead atoms. The summed E-state index contributed by atoms with van der Waals surface area (Å²) in [6, 6.07) is 6.11. The molecule has 2 N–H and O–H groups in total. The predicted octanol–water partition coefficient (Wildman–Crippen LogP) is 1.35. The lowest BCUT2D eigenvalue weighted by Gasteiger charge is -2.31. The molecule has 25 heavy (non-hydrogen) atoms. The fourth-order valence-corrected chi connectivity index (χ4v) is 2.96. The molecule has 0 aromatic carbocycles. The molecule has 2 aromatic rings. The predicted molar refractivity (Wildman–Crippen MR) is 90.3 cm³/mol. The largest absolute Gasteiger partial charge is 0.473 e. The van der Waals surface area contributed by atoms with Crippen molar-refractivity contribution in [1.82, 2.24) is 14.3 Å². The number of carbonyl (C=O) groups is 2. The molecule has 0 amide bonds. The van der Waals surface area contributed by atoms with Crippen LogP contribution in [0, 0.1) is 5.92 Å². The highest BCUT2D eigenvalue weighted by Gasteiger charge is 2.20. The molecule has 0 spiro atoms. The molecular formula is C17H23N3O5. The van der Waals surface area contributed by atoms with Crippen molar-refractivity contribution in [3.05, 3.63) is 36.3 Å². The Morgan fingerprint density at radius 2 is 2.08 bits per heavy atom. The van der Waals surface area contributed by atoms with Crippen LogP contribution in [-0.4, -0.2) is 63.2 Å². The Morgan fingerprint density at radius 3 is 2.72 bits per heavy atom. The van der Waals surface area contributed by atoms with Gasteiger partial charge in [0.25, 0.3) is 0 Å². The van der Waals surface area contributed by atoms with E-state index >= 15 is 0 Å². The first-order valence-electron chi connectivity index (χ1n) is 8.09. The van der Waals surface area contributed by atoms with E-state index in [-0.39, 0.29) is 0 Å². The molecular weight excluding hydrogens is 326 g/mol. The van der Waals surface area contributed by atoms with Crippen LogP contribution >= 0.6 is 0 Å². The van der Waals surface area contributed by atoms with E-state index in [0.717, 1.165) is 31.0 Å². The molecule has 1 atom stereocenters. The number of hydrogen-bond donors (Lipinski definition) is 2. The molecule has 1 unspecified atom stereocenters. The second-order valence-electron chi connectivity index (χ2n) is 6.01. The Hall–Kier alpha value is -2.45.